The van der Waals surface area contributed by atoms with Crippen molar-refractivity contribution in [1.29, 1.82) is 0 Å². The largest absolute Gasteiger partial charge is 0.396 e. The van der Waals surface area contributed by atoms with Gasteiger partial charge >= 0.3 is 0 Å². The van der Waals surface area contributed by atoms with Crippen molar-refractivity contribution in [2.24, 2.45) is 105 Å². The summed E-state index contributed by atoms with van der Waals surface area (Å²) in [6, 6.07) is 0. The lowest BCUT2D eigenvalue weighted by Gasteiger charge is -2.62. The Hall–Kier alpha value is -1.11. The van der Waals surface area contributed by atoms with E-state index < -0.39 is 0 Å². The van der Waals surface area contributed by atoms with Gasteiger partial charge in [-0.2, -0.15) is 0 Å². The third-order valence-corrected chi connectivity index (χ3v) is 20.2. The molecule has 0 radical (unpaired) electrons. The molecule has 0 heterocycles. The van der Waals surface area contributed by atoms with Crippen LogP contribution in [0.25, 0.3) is 0 Å². The first-order valence-corrected chi connectivity index (χ1v) is 23.0. The van der Waals surface area contributed by atoms with Crippen molar-refractivity contribution >= 4 is 17.9 Å². The topological polar surface area (TPSA) is 112 Å². The van der Waals surface area contributed by atoms with E-state index in [0.717, 1.165) is 96.2 Å². The van der Waals surface area contributed by atoms with Crippen LogP contribution in [0, 0.1) is 105 Å². The molecule has 6 unspecified atom stereocenters. The van der Waals surface area contributed by atoms with E-state index in [1.54, 1.807) is 0 Å². The molecule has 0 aromatic carbocycles. The molecule has 8 rings (SSSR count). The molecule has 6 heteroatoms. The molecular formula is C49H82O6. The minimum Gasteiger partial charge on any atom is -0.396 e. The van der Waals surface area contributed by atoms with Gasteiger partial charge in [0.2, 0.25) is 0 Å². The molecule has 0 bridgehead atoms. The highest BCUT2D eigenvalue weighted by atomic mass is 16.3. The van der Waals surface area contributed by atoms with Crippen LogP contribution < -0.4 is 0 Å². The first-order valence-electron chi connectivity index (χ1n) is 23.0. The van der Waals surface area contributed by atoms with Crippen molar-refractivity contribution < 1.29 is 29.7 Å². The molecule has 8 aliphatic rings. The molecule has 0 saturated heterocycles. The molecule has 3 N–H and O–H groups in total. The Labute approximate surface area is 335 Å². The molecule has 0 aromatic heterocycles. The summed E-state index contributed by atoms with van der Waals surface area (Å²) in [5, 5.41) is 30.5. The summed E-state index contributed by atoms with van der Waals surface area (Å²) >= 11 is 0. The van der Waals surface area contributed by atoms with Gasteiger partial charge in [0.15, 0.2) is 0 Å². The van der Waals surface area contributed by atoms with Crippen molar-refractivity contribution in [2.45, 2.75) is 178 Å². The van der Waals surface area contributed by atoms with Gasteiger partial charge in [-0.1, -0.05) is 62.8 Å². The quantitative estimate of drug-likeness (QED) is 0.232. The lowest BCUT2D eigenvalue weighted by Crippen LogP contribution is -2.60. The van der Waals surface area contributed by atoms with Crippen molar-refractivity contribution in [2.75, 3.05) is 6.61 Å². The SMILES string of the molecule is C.CC[C@H]1C(=O)C2C3CC[C@H]([C@H](C)C=O)[C@@]3(C)CCC2[C@@]2(C)CC[C@@H](O)C[C@@H]12.CC[C@H]1C(=O)C2C3CC[C@H]([C@H](C)CO)[C@@]3(C)CCC2[C@@]2(C)CC[C@@H](O)C[C@@H]12. The average molecular weight is 767 g/mol. The highest BCUT2D eigenvalue weighted by Gasteiger charge is 2.67. The third-order valence-electron chi connectivity index (χ3n) is 20.2. The van der Waals surface area contributed by atoms with E-state index in [4.69, 9.17) is 0 Å². The lowest BCUT2D eigenvalue weighted by atomic mass is 9.42. The van der Waals surface area contributed by atoms with Crippen LogP contribution >= 0.6 is 0 Å². The molecule has 20 atom stereocenters. The number of hydrogen-bond acceptors (Lipinski definition) is 6. The van der Waals surface area contributed by atoms with Gasteiger partial charge in [0.1, 0.15) is 17.9 Å². The van der Waals surface area contributed by atoms with Crippen LogP contribution in [0.3, 0.4) is 0 Å². The molecule has 0 amide bonds. The molecule has 8 aliphatic carbocycles. The average Bonchev–Trinajstić information content (AvgIpc) is 3.69. The van der Waals surface area contributed by atoms with Crippen molar-refractivity contribution in [3.05, 3.63) is 0 Å². The Morgan fingerprint density at radius 3 is 1.38 bits per heavy atom. The van der Waals surface area contributed by atoms with Crippen LogP contribution in [-0.4, -0.2) is 52.0 Å². The molecular weight excluding hydrogens is 685 g/mol. The first-order chi connectivity index (χ1) is 25.5. The Morgan fingerprint density at radius 2 is 0.982 bits per heavy atom. The number of aliphatic hydroxyl groups is 3. The zero-order valence-electron chi connectivity index (χ0n) is 35.4. The van der Waals surface area contributed by atoms with Gasteiger partial charge in [0, 0.05) is 36.2 Å². The minimum atomic E-state index is -0.223. The number of Topliss-reactive ketones (excluding diaryl/α,β-unsaturated/α-hetero) is 2. The number of rotatable bonds is 6. The summed E-state index contributed by atoms with van der Waals surface area (Å²) in [5.74, 6) is 5.82. The van der Waals surface area contributed by atoms with Gasteiger partial charge in [-0.05, 0) is 178 Å². The highest BCUT2D eigenvalue weighted by molar-refractivity contribution is 5.86. The molecule has 6 nitrogen and oxygen atoms in total. The summed E-state index contributed by atoms with van der Waals surface area (Å²) in [6.45, 7) is 18.6. The summed E-state index contributed by atoms with van der Waals surface area (Å²) in [4.78, 5) is 39.1. The number of carbonyl (C=O) groups is 3. The monoisotopic (exact) mass is 767 g/mol. The highest BCUT2D eigenvalue weighted by Crippen LogP contribution is 2.70. The van der Waals surface area contributed by atoms with Crippen molar-refractivity contribution in [1.82, 2.24) is 0 Å². The fraction of sp³-hybridized carbons (Fsp3) is 0.939. The van der Waals surface area contributed by atoms with Gasteiger partial charge in [0.25, 0.3) is 0 Å². The van der Waals surface area contributed by atoms with E-state index in [9.17, 15) is 29.7 Å². The van der Waals surface area contributed by atoms with Crippen LogP contribution in [0.1, 0.15) is 166 Å². The maximum Gasteiger partial charge on any atom is 0.139 e. The minimum absolute atomic E-state index is 0. The standard InChI is InChI=1S/C24H40O3.C24H38O3.CH4/c2*1-5-16-20-12-15(26)8-10-24(20,4)19-9-11-23(3)17(14(2)13-25)6-7-18(23)21(19)22(16)27;/h14-21,25-26H,5-13H2,1-4H3;13-21,26H,5-12H2,1-4H3;1H4/t2*14-,15-,16-,17-,18?,19?,20+,21?,23-,24-;/m11./s1. The van der Waals surface area contributed by atoms with Crippen LogP contribution in [0.4, 0.5) is 0 Å². The lowest BCUT2D eigenvalue weighted by molar-refractivity contribution is -0.173. The van der Waals surface area contributed by atoms with E-state index >= 15 is 0 Å². The second kappa shape index (κ2) is 15.8. The summed E-state index contributed by atoms with van der Waals surface area (Å²) in [6.07, 6.45) is 17.4. The maximum absolute atomic E-state index is 13.8. The Morgan fingerprint density at radius 1 is 0.600 bits per heavy atom. The van der Waals surface area contributed by atoms with Gasteiger partial charge < -0.3 is 20.1 Å². The van der Waals surface area contributed by atoms with Crippen LogP contribution in [0.5, 0.6) is 0 Å². The molecule has 0 spiro atoms. The summed E-state index contributed by atoms with van der Waals surface area (Å²) < 4.78 is 0. The maximum atomic E-state index is 13.8. The predicted octanol–water partition coefficient (Wildman–Crippen LogP) is 9.74. The second-order valence-corrected chi connectivity index (χ2v) is 22.0. The van der Waals surface area contributed by atoms with E-state index in [1.807, 2.05) is 0 Å². The number of aldehydes is 1. The van der Waals surface area contributed by atoms with E-state index in [2.05, 4.69) is 55.4 Å². The molecule has 0 aromatic rings. The number of fused-ring (bicyclic) bond motifs is 10. The zero-order valence-corrected chi connectivity index (χ0v) is 35.4. The fourth-order valence-electron chi connectivity index (χ4n) is 17.4. The smallest absolute Gasteiger partial charge is 0.139 e. The Balaban J connectivity index is 0.000000184. The summed E-state index contributed by atoms with van der Waals surface area (Å²) in [5.41, 5.74) is 0.788. The fourth-order valence-corrected chi connectivity index (χ4v) is 17.4. The van der Waals surface area contributed by atoms with Gasteiger partial charge in [-0.25, -0.2) is 0 Å². The molecule has 8 saturated carbocycles. The second-order valence-electron chi connectivity index (χ2n) is 22.0. The number of hydrogen-bond donors (Lipinski definition) is 3. The van der Waals surface area contributed by atoms with Gasteiger partial charge in [-0.3, -0.25) is 9.59 Å². The molecule has 8 fully saturated rings. The number of aliphatic hydroxyl groups excluding tert-OH is 3. The van der Waals surface area contributed by atoms with E-state index in [0.29, 0.717) is 64.8 Å². The number of ketones is 2. The van der Waals surface area contributed by atoms with Crippen LogP contribution in [-0.2, 0) is 14.4 Å². The van der Waals surface area contributed by atoms with E-state index in [-0.39, 0.29) is 77.5 Å². The van der Waals surface area contributed by atoms with Gasteiger partial charge in [-0.15, -0.1) is 0 Å². The molecule has 55 heavy (non-hydrogen) atoms. The number of carbonyl (C=O) groups excluding carboxylic acids is 3. The normalized spacial score (nSPS) is 52.3. The van der Waals surface area contributed by atoms with Gasteiger partial charge in [0.05, 0.1) is 12.2 Å². The van der Waals surface area contributed by atoms with Crippen LogP contribution in [0.15, 0.2) is 0 Å². The molecule has 314 valence electrons. The molecule has 0 aliphatic heterocycles. The first kappa shape index (κ1) is 43.5. The predicted molar refractivity (Wildman–Crippen MR) is 220 cm³/mol. The van der Waals surface area contributed by atoms with Crippen LogP contribution in [0.2, 0.25) is 0 Å². The zero-order chi connectivity index (χ0) is 39.1. The van der Waals surface area contributed by atoms with Crippen molar-refractivity contribution in [3.63, 3.8) is 0 Å². The van der Waals surface area contributed by atoms with Crippen molar-refractivity contribution in [3.8, 4) is 0 Å². The van der Waals surface area contributed by atoms with E-state index in [1.165, 1.54) is 12.8 Å². The third kappa shape index (κ3) is 6.52. The Bertz CT molecular complexity index is 1410. The Kier molecular flexibility index (Phi) is 12.5. The summed E-state index contributed by atoms with van der Waals surface area (Å²) in [7, 11) is 0.